The van der Waals surface area contributed by atoms with Crippen molar-refractivity contribution < 1.29 is 14.3 Å². The largest absolute Gasteiger partial charge is 0.497 e. The summed E-state index contributed by atoms with van der Waals surface area (Å²) < 4.78 is 12.6. The molecule has 0 unspecified atom stereocenters. The number of amides is 1. The van der Waals surface area contributed by atoms with E-state index in [1.165, 1.54) is 14.2 Å². The van der Waals surface area contributed by atoms with Crippen LogP contribution in [0.1, 0.15) is 21.5 Å². The second kappa shape index (κ2) is 9.58. The summed E-state index contributed by atoms with van der Waals surface area (Å²) in [6.07, 6.45) is 3.64. The predicted octanol–water partition coefficient (Wildman–Crippen LogP) is 5.12. The molecule has 3 aromatic carbocycles. The molecule has 6 nitrogen and oxygen atoms in total. The van der Waals surface area contributed by atoms with E-state index < -0.39 is 0 Å². The van der Waals surface area contributed by atoms with Gasteiger partial charge < -0.3 is 14.0 Å². The van der Waals surface area contributed by atoms with Crippen LogP contribution in [-0.4, -0.2) is 30.9 Å². The minimum Gasteiger partial charge on any atom is -0.497 e. The second-order valence-electron chi connectivity index (χ2n) is 7.12. The van der Waals surface area contributed by atoms with Crippen molar-refractivity contribution in [2.24, 2.45) is 5.10 Å². The average molecular weight is 448 g/mol. The molecule has 0 spiro atoms. The summed E-state index contributed by atoms with van der Waals surface area (Å²) in [5.74, 6) is 0.695. The number of halogens is 1. The van der Waals surface area contributed by atoms with Crippen LogP contribution < -0.4 is 14.9 Å². The summed E-state index contributed by atoms with van der Waals surface area (Å²) >= 11 is 6.35. The lowest BCUT2D eigenvalue weighted by Gasteiger charge is -2.07. The molecule has 0 aliphatic heterocycles. The van der Waals surface area contributed by atoms with E-state index in [4.69, 9.17) is 21.1 Å². The number of nitrogens with one attached hydrogen (secondary N) is 1. The van der Waals surface area contributed by atoms with E-state index in [1.807, 2.05) is 54.7 Å². The van der Waals surface area contributed by atoms with Gasteiger partial charge in [0.2, 0.25) is 0 Å². The Kier molecular flexibility index (Phi) is 6.42. The number of para-hydroxylation sites is 1. The molecule has 1 aromatic heterocycles. The second-order valence-corrected chi connectivity index (χ2v) is 7.53. The topological polar surface area (TPSA) is 64.8 Å². The molecule has 0 saturated carbocycles. The number of carbonyl (C=O) groups excluding carboxylic acids is 1. The van der Waals surface area contributed by atoms with Gasteiger partial charge in [0.25, 0.3) is 5.91 Å². The molecule has 0 aliphatic rings. The van der Waals surface area contributed by atoms with E-state index in [-0.39, 0.29) is 5.91 Å². The van der Waals surface area contributed by atoms with E-state index >= 15 is 0 Å². The zero-order valence-electron chi connectivity index (χ0n) is 17.7. The molecule has 1 amide bonds. The number of ether oxygens (including phenoxy) is 2. The number of hydrogen-bond acceptors (Lipinski definition) is 4. The van der Waals surface area contributed by atoms with E-state index in [9.17, 15) is 4.79 Å². The van der Waals surface area contributed by atoms with Gasteiger partial charge in [-0.05, 0) is 29.8 Å². The number of fused-ring (bicyclic) bond motifs is 1. The molecule has 0 radical (unpaired) electrons. The minimum atomic E-state index is -0.363. The van der Waals surface area contributed by atoms with E-state index in [2.05, 4.69) is 15.1 Å². The molecule has 1 heterocycles. The lowest BCUT2D eigenvalue weighted by molar-refractivity contribution is 0.0954. The minimum absolute atomic E-state index is 0.363. The molecule has 0 fully saturated rings. The van der Waals surface area contributed by atoms with Gasteiger partial charge in [0.05, 0.1) is 20.4 Å². The third kappa shape index (κ3) is 4.60. The zero-order chi connectivity index (χ0) is 22.5. The van der Waals surface area contributed by atoms with E-state index in [0.29, 0.717) is 23.6 Å². The summed E-state index contributed by atoms with van der Waals surface area (Å²) in [6, 6.07) is 20.8. The molecule has 0 bridgehead atoms. The van der Waals surface area contributed by atoms with Crippen LogP contribution in [0.2, 0.25) is 5.02 Å². The number of hydrazone groups is 1. The van der Waals surface area contributed by atoms with Gasteiger partial charge in [-0.25, -0.2) is 5.43 Å². The first-order valence-electron chi connectivity index (χ1n) is 9.97. The Morgan fingerprint density at radius 3 is 2.44 bits per heavy atom. The summed E-state index contributed by atoms with van der Waals surface area (Å²) in [6.45, 7) is 0.629. The average Bonchev–Trinajstić information content (AvgIpc) is 3.17. The number of nitrogens with zero attached hydrogens (tertiary/aromatic N) is 2. The van der Waals surface area contributed by atoms with Crippen LogP contribution >= 0.6 is 11.6 Å². The molecule has 0 atom stereocenters. The number of hydrogen-bond donors (Lipinski definition) is 1. The van der Waals surface area contributed by atoms with Gasteiger partial charge in [0.1, 0.15) is 11.5 Å². The first kappa shape index (κ1) is 21.5. The van der Waals surface area contributed by atoms with Crippen molar-refractivity contribution >= 4 is 34.6 Å². The third-order valence-electron chi connectivity index (χ3n) is 5.10. The summed E-state index contributed by atoms with van der Waals surface area (Å²) in [5.41, 5.74) is 5.93. The quantitative estimate of drug-likeness (QED) is 0.316. The van der Waals surface area contributed by atoms with Crippen molar-refractivity contribution in [2.45, 2.75) is 6.54 Å². The van der Waals surface area contributed by atoms with Crippen molar-refractivity contribution in [3.63, 3.8) is 0 Å². The lowest BCUT2D eigenvalue weighted by atomic mass is 10.2. The summed E-state index contributed by atoms with van der Waals surface area (Å²) in [7, 11) is 3.07. The fourth-order valence-corrected chi connectivity index (χ4v) is 3.68. The van der Waals surface area contributed by atoms with Crippen molar-refractivity contribution in [3.8, 4) is 11.5 Å². The van der Waals surface area contributed by atoms with E-state index in [0.717, 1.165) is 27.1 Å². The van der Waals surface area contributed by atoms with Crippen LogP contribution in [0.4, 0.5) is 0 Å². The predicted molar refractivity (Wildman–Crippen MR) is 127 cm³/mol. The highest BCUT2D eigenvalue weighted by atomic mass is 35.5. The number of rotatable bonds is 7. The van der Waals surface area contributed by atoms with Crippen LogP contribution in [-0.2, 0) is 6.54 Å². The van der Waals surface area contributed by atoms with Gasteiger partial charge in [-0.3, -0.25) is 4.79 Å². The molecular formula is C25H22ClN3O3. The highest BCUT2D eigenvalue weighted by Gasteiger charge is 2.11. The van der Waals surface area contributed by atoms with E-state index in [1.54, 1.807) is 24.4 Å². The highest BCUT2D eigenvalue weighted by molar-refractivity contribution is 6.31. The summed E-state index contributed by atoms with van der Waals surface area (Å²) in [5, 5.41) is 5.92. The first-order valence-corrected chi connectivity index (χ1v) is 10.3. The van der Waals surface area contributed by atoms with Crippen LogP contribution in [0.5, 0.6) is 11.5 Å². The van der Waals surface area contributed by atoms with Gasteiger partial charge in [-0.1, -0.05) is 48.0 Å². The fourth-order valence-electron chi connectivity index (χ4n) is 3.48. The Labute approximate surface area is 191 Å². The Bertz CT molecular complexity index is 1270. The van der Waals surface area contributed by atoms with Gasteiger partial charge in [-0.15, -0.1) is 0 Å². The molecule has 0 saturated heterocycles. The van der Waals surface area contributed by atoms with Crippen molar-refractivity contribution in [3.05, 3.63) is 94.6 Å². The van der Waals surface area contributed by atoms with Crippen molar-refractivity contribution in [2.75, 3.05) is 14.2 Å². The lowest BCUT2D eigenvalue weighted by Crippen LogP contribution is -2.17. The molecule has 0 aliphatic carbocycles. The standard InChI is InChI=1S/C25H22ClN3O3/c1-31-20-11-18(12-21(13-20)32-2)25(30)28-27-14-19-16-29(24-10-6-4-8-22(19)24)15-17-7-3-5-9-23(17)26/h3-14,16H,15H2,1-2H3,(H,28,30). The van der Waals surface area contributed by atoms with Gasteiger partial charge in [-0.2, -0.15) is 5.10 Å². The molecule has 32 heavy (non-hydrogen) atoms. The maximum Gasteiger partial charge on any atom is 0.271 e. The Morgan fingerprint density at radius 1 is 1.03 bits per heavy atom. The zero-order valence-corrected chi connectivity index (χ0v) is 18.5. The van der Waals surface area contributed by atoms with Gasteiger partial charge in [0.15, 0.2) is 0 Å². The Balaban J connectivity index is 1.57. The first-order chi connectivity index (χ1) is 15.6. The Hall–Kier alpha value is -3.77. The molecule has 4 rings (SSSR count). The van der Waals surface area contributed by atoms with Crippen LogP contribution in [0.25, 0.3) is 10.9 Å². The highest BCUT2D eigenvalue weighted by Crippen LogP contribution is 2.24. The number of carbonyl (C=O) groups is 1. The van der Waals surface area contributed by atoms with Crippen molar-refractivity contribution in [1.29, 1.82) is 0 Å². The fraction of sp³-hybridized carbons (Fsp3) is 0.120. The number of aromatic nitrogens is 1. The van der Waals surface area contributed by atoms with Crippen LogP contribution in [0, 0.1) is 0 Å². The van der Waals surface area contributed by atoms with Gasteiger partial charge in [0, 0.05) is 45.9 Å². The smallest absolute Gasteiger partial charge is 0.271 e. The number of benzene rings is 3. The molecule has 4 aromatic rings. The third-order valence-corrected chi connectivity index (χ3v) is 5.47. The van der Waals surface area contributed by atoms with Crippen LogP contribution in [0.15, 0.2) is 78.0 Å². The SMILES string of the molecule is COc1cc(OC)cc(C(=O)NN=Cc2cn(Cc3ccccc3Cl)c3ccccc23)c1. The monoisotopic (exact) mass is 447 g/mol. The maximum absolute atomic E-state index is 12.6. The van der Waals surface area contributed by atoms with Crippen LogP contribution in [0.3, 0.4) is 0 Å². The number of methoxy groups -OCH3 is 2. The maximum atomic E-state index is 12.6. The van der Waals surface area contributed by atoms with Gasteiger partial charge >= 0.3 is 0 Å². The molecule has 1 N–H and O–H groups in total. The molecule has 7 heteroatoms. The van der Waals surface area contributed by atoms with Crippen molar-refractivity contribution in [1.82, 2.24) is 9.99 Å². The molecular weight excluding hydrogens is 426 g/mol. The Morgan fingerprint density at radius 2 is 1.72 bits per heavy atom. The molecule has 162 valence electrons. The summed E-state index contributed by atoms with van der Waals surface area (Å²) in [4.78, 5) is 12.6. The normalized spacial score (nSPS) is 11.1.